The van der Waals surface area contributed by atoms with Crippen LogP contribution < -0.4 is 5.32 Å². The lowest BCUT2D eigenvalue weighted by molar-refractivity contribution is 0.129. The van der Waals surface area contributed by atoms with Crippen molar-refractivity contribution in [1.29, 1.82) is 0 Å². The van der Waals surface area contributed by atoms with Crippen molar-refractivity contribution >= 4 is 6.03 Å². The number of likely N-dealkylation sites (tertiary alicyclic amines) is 1. The lowest BCUT2D eigenvalue weighted by Gasteiger charge is -2.36. The first-order valence-corrected chi connectivity index (χ1v) is 10.6. The number of piperidine rings is 1. The summed E-state index contributed by atoms with van der Waals surface area (Å²) in [4.78, 5) is 19.5. The lowest BCUT2D eigenvalue weighted by atomic mass is 10.00. The van der Waals surface area contributed by atoms with Crippen LogP contribution in [0, 0.1) is 12.8 Å². The van der Waals surface area contributed by atoms with Gasteiger partial charge in [-0.1, -0.05) is 36.8 Å². The van der Waals surface area contributed by atoms with Crippen LogP contribution >= 0.6 is 0 Å². The van der Waals surface area contributed by atoms with Crippen LogP contribution in [0.1, 0.15) is 37.8 Å². The Morgan fingerprint density at radius 1 is 1.19 bits per heavy atom. The molecule has 2 aliphatic heterocycles. The molecule has 0 radical (unpaired) electrons. The molecule has 0 saturated carbocycles. The van der Waals surface area contributed by atoms with Crippen LogP contribution in [0.4, 0.5) is 4.79 Å². The van der Waals surface area contributed by atoms with Crippen LogP contribution in [-0.4, -0.2) is 72.6 Å². The molecular weight excluding hydrogens is 336 g/mol. The fourth-order valence-electron chi connectivity index (χ4n) is 4.37. The van der Waals surface area contributed by atoms with Crippen molar-refractivity contribution in [2.75, 3.05) is 45.8 Å². The van der Waals surface area contributed by atoms with Gasteiger partial charge in [-0.05, 0) is 44.7 Å². The first kappa shape index (κ1) is 20.2. The molecular formula is C22H36N4O. The van der Waals surface area contributed by atoms with Crippen LogP contribution in [0.15, 0.2) is 24.3 Å². The van der Waals surface area contributed by atoms with Crippen molar-refractivity contribution in [2.45, 2.75) is 46.2 Å². The van der Waals surface area contributed by atoms with Gasteiger partial charge in [0, 0.05) is 51.9 Å². The molecule has 2 atom stereocenters. The molecule has 0 bridgehead atoms. The van der Waals surface area contributed by atoms with Crippen LogP contribution in [0.3, 0.4) is 0 Å². The summed E-state index contributed by atoms with van der Waals surface area (Å²) >= 11 is 0. The van der Waals surface area contributed by atoms with Gasteiger partial charge in [0.2, 0.25) is 0 Å². The van der Waals surface area contributed by atoms with Crippen molar-refractivity contribution < 1.29 is 4.79 Å². The normalized spacial score (nSPS) is 23.2. The highest BCUT2D eigenvalue weighted by Crippen LogP contribution is 2.15. The van der Waals surface area contributed by atoms with Gasteiger partial charge in [-0.2, -0.15) is 0 Å². The summed E-state index contributed by atoms with van der Waals surface area (Å²) in [5, 5.41) is 3.21. The number of amides is 2. The van der Waals surface area contributed by atoms with Gasteiger partial charge in [0.1, 0.15) is 0 Å². The second-order valence-electron chi connectivity index (χ2n) is 8.61. The number of piperazine rings is 1. The van der Waals surface area contributed by atoms with Crippen LogP contribution in [0.2, 0.25) is 0 Å². The minimum absolute atomic E-state index is 0.0998. The zero-order valence-electron chi connectivity index (χ0n) is 17.3. The van der Waals surface area contributed by atoms with E-state index in [2.05, 4.69) is 60.2 Å². The quantitative estimate of drug-likeness (QED) is 0.864. The highest BCUT2D eigenvalue weighted by Gasteiger charge is 2.23. The van der Waals surface area contributed by atoms with E-state index in [0.717, 1.165) is 51.7 Å². The smallest absolute Gasteiger partial charge is 0.317 e. The molecule has 2 heterocycles. The number of urea groups is 1. The van der Waals surface area contributed by atoms with Gasteiger partial charge in [0.25, 0.3) is 0 Å². The third-order valence-electron chi connectivity index (χ3n) is 5.79. The number of carbonyl (C=O) groups excluding carboxylic acids is 1. The summed E-state index contributed by atoms with van der Waals surface area (Å²) in [6.45, 7) is 14.4. The SMILES string of the molecule is Cc1cccc(CN2CCN(C(=O)NC(C)CN3CCCC(C)C3)CC2)c1. The number of carbonyl (C=O) groups is 1. The third-order valence-corrected chi connectivity index (χ3v) is 5.79. The molecule has 2 unspecified atom stereocenters. The zero-order chi connectivity index (χ0) is 19.2. The van der Waals surface area contributed by atoms with Crippen molar-refractivity contribution in [2.24, 2.45) is 5.92 Å². The summed E-state index contributed by atoms with van der Waals surface area (Å²) in [6.07, 6.45) is 2.62. The van der Waals surface area contributed by atoms with E-state index in [9.17, 15) is 4.79 Å². The summed E-state index contributed by atoms with van der Waals surface area (Å²) in [7, 11) is 0. The topological polar surface area (TPSA) is 38.8 Å². The second kappa shape index (κ2) is 9.56. The maximum Gasteiger partial charge on any atom is 0.317 e. The Hall–Kier alpha value is -1.59. The average Bonchev–Trinajstić information content (AvgIpc) is 2.62. The van der Waals surface area contributed by atoms with Crippen LogP contribution in [0.25, 0.3) is 0 Å². The van der Waals surface area contributed by atoms with E-state index >= 15 is 0 Å². The predicted octanol–water partition coefficient (Wildman–Crippen LogP) is 2.94. The van der Waals surface area contributed by atoms with E-state index in [1.54, 1.807) is 0 Å². The maximum absolute atomic E-state index is 12.6. The van der Waals surface area contributed by atoms with Crippen LogP contribution in [0.5, 0.6) is 0 Å². The van der Waals surface area contributed by atoms with E-state index in [-0.39, 0.29) is 12.1 Å². The van der Waals surface area contributed by atoms with Crippen molar-refractivity contribution in [3.05, 3.63) is 35.4 Å². The highest BCUT2D eigenvalue weighted by atomic mass is 16.2. The van der Waals surface area contributed by atoms with Crippen LogP contribution in [-0.2, 0) is 6.54 Å². The zero-order valence-corrected chi connectivity index (χ0v) is 17.3. The molecule has 150 valence electrons. The van der Waals surface area contributed by atoms with Gasteiger partial charge in [-0.25, -0.2) is 4.79 Å². The summed E-state index contributed by atoms with van der Waals surface area (Å²) in [6, 6.07) is 9.00. The second-order valence-corrected chi connectivity index (χ2v) is 8.61. The molecule has 2 saturated heterocycles. The first-order chi connectivity index (χ1) is 13.0. The first-order valence-electron chi connectivity index (χ1n) is 10.6. The molecule has 0 aliphatic carbocycles. The fraction of sp³-hybridized carbons (Fsp3) is 0.682. The van der Waals surface area contributed by atoms with Gasteiger partial charge < -0.3 is 15.1 Å². The van der Waals surface area contributed by atoms with Gasteiger partial charge in [0.15, 0.2) is 0 Å². The number of hydrogen-bond donors (Lipinski definition) is 1. The third kappa shape index (κ3) is 6.22. The highest BCUT2D eigenvalue weighted by molar-refractivity contribution is 5.74. The molecule has 0 spiro atoms. The molecule has 27 heavy (non-hydrogen) atoms. The molecule has 1 N–H and O–H groups in total. The predicted molar refractivity (Wildman–Crippen MR) is 111 cm³/mol. The number of benzene rings is 1. The summed E-state index contributed by atoms with van der Waals surface area (Å²) < 4.78 is 0. The fourth-order valence-corrected chi connectivity index (χ4v) is 4.37. The Morgan fingerprint density at radius 2 is 1.96 bits per heavy atom. The minimum atomic E-state index is 0.0998. The molecule has 1 aromatic carbocycles. The number of hydrogen-bond acceptors (Lipinski definition) is 3. The molecule has 1 aromatic rings. The van der Waals surface area contributed by atoms with E-state index in [1.165, 1.54) is 30.5 Å². The van der Waals surface area contributed by atoms with Crippen molar-refractivity contribution in [3.8, 4) is 0 Å². The number of nitrogens with one attached hydrogen (secondary N) is 1. The molecule has 3 rings (SSSR count). The molecule has 0 aromatic heterocycles. The molecule has 2 aliphatic rings. The van der Waals surface area contributed by atoms with Crippen molar-refractivity contribution in [1.82, 2.24) is 20.0 Å². The Labute approximate surface area is 164 Å². The Morgan fingerprint density at radius 3 is 2.67 bits per heavy atom. The largest absolute Gasteiger partial charge is 0.334 e. The number of aryl methyl sites for hydroxylation is 1. The van der Waals surface area contributed by atoms with Crippen molar-refractivity contribution in [3.63, 3.8) is 0 Å². The molecule has 5 nitrogen and oxygen atoms in total. The van der Waals surface area contributed by atoms with E-state index < -0.39 is 0 Å². The average molecular weight is 373 g/mol. The molecule has 2 fully saturated rings. The number of nitrogens with zero attached hydrogens (tertiary/aromatic N) is 3. The van der Waals surface area contributed by atoms with E-state index in [1.807, 2.05) is 4.90 Å². The van der Waals surface area contributed by atoms with Gasteiger partial charge in [-0.3, -0.25) is 4.90 Å². The van der Waals surface area contributed by atoms with E-state index in [0.29, 0.717) is 0 Å². The van der Waals surface area contributed by atoms with E-state index in [4.69, 9.17) is 0 Å². The minimum Gasteiger partial charge on any atom is -0.334 e. The lowest BCUT2D eigenvalue weighted by Crippen LogP contribution is -2.54. The Bertz CT molecular complexity index is 612. The Kier molecular flexibility index (Phi) is 7.13. The standard InChI is InChI=1S/C22H36N4O/c1-18-6-4-8-21(14-18)17-24-10-12-26(13-11-24)22(27)23-20(3)16-25-9-5-7-19(2)15-25/h4,6,8,14,19-20H,5,7,9-13,15-17H2,1-3H3,(H,23,27). The number of rotatable bonds is 5. The van der Waals surface area contributed by atoms with Gasteiger partial charge in [0.05, 0.1) is 0 Å². The monoisotopic (exact) mass is 372 g/mol. The van der Waals surface area contributed by atoms with Gasteiger partial charge in [-0.15, -0.1) is 0 Å². The summed E-state index contributed by atoms with van der Waals surface area (Å²) in [5.41, 5.74) is 2.67. The maximum atomic E-state index is 12.6. The molecule has 2 amide bonds. The summed E-state index contributed by atoms with van der Waals surface area (Å²) in [5.74, 6) is 0.781. The Balaban J connectivity index is 1.39. The van der Waals surface area contributed by atoms with Gasteiger partial charge >= 0.3 is 6.03 Å². The molecule has 5 heteroatoms.